The molecule has 10 nitrogen and oxygen atoms in total. The van der Waals surface area contributed by atoms with Gasteiger partial charge in [-0.15, -0.1) is 0 Å². The van der Waals surface area contributed by atoms with E-state index in [2.05, 4.69) is 19.8 Å². The first-order valence-electron chi connectivity index (χ1n) is 10.6. The Morgan fingerprint density at radius 1 is 1.27 bits per heavy atom. The molecular weight excluding hydrogens is 424 g/mol. The van der Waals surface area contributed by atoms with E-state index in [0.29, 0.717) is 43.0 Å². The Morgan fingerprint density at radius 3 is 2.48 bits per heavy atom. The second-order valence-corrected chi connectivity index (χ2v) is 8.22. The Hall–Kier alpha value is -3.66. The minimum Gasteiger partial charge on any atom is -0.490 e. The molecular formula is C23H30N6O4. The molecule has 1 aromatic heterocycles. The van der Waals surface area contributed by atoms with Gasteiger partial charge < -0.3 is 25.4 Å². The average molecular weight is 455 g/mol. The highest BCUT2D eigenvalue weighted by Crippen LogP contribution is 2.38. The number of anilines is 2. The van der Waals surface area contributed by atoms with Crippen LogP contribution in [-0.4, -0.2) is 61.6 Å². The SMILES string of the molecule is CN=CC(=CN)c1cc([N+](=O)[O-])c(OC)cc1N1CCN(c2cccc(C(C)(C)O)n2)CC1. The van der Waals surface area contributed by atoms with Gasteiger partial charge in [0, 0.05) is 74.6 Å². The summed E-state index contributed by atoms with van der Waals surface area (Å²) in [5.41, 5.74) is 7.27. The number of rotatable bonds is 7. The van der Waals surface area contributed by atoms with Gasteiger partial charge in [0.2, 0.25) is 0 Å². The number of nitro groups is 1. The molecule has 1 saturated heterocycles. The zero-order valence-electron chi connectivity index (χ0n) is 19.4. The highest BCUT2D eigenvalue weighted by molar-refractivity contribution is 6.12. The molecule has 0 atom stereocenters. The number of allylic oxidation sites excluding steroid dienone is 1. The maximum atomic E-state index is 11.6. The van der Waals surface area contributed by atoms with Gasteiger partial charge >= 0.3 is 5.69 Å². The van der Waals surface area contributed by atoms with Crippen LogP contribution in [0.3, 0.4) is 0 Å². The van der Waals surface area contributed by atoms with E-state index in [1.165, 1.54) is 19.4 Å². The van der Waals surface area contributed by atoms with Crippen molar-refractivity contribution in [3.05, 3.63) is 57.9 Å². The standard InChI is InChI=1S/C23H30N6O4/c1-23(2,30)21-6-5-7-22(26-21)28-10-8-27(9-11-28)18-13-20(33-4)19(29(31)32)12-17(18)16(14-24)15-25-3/h5-7,12-15,30H,8-11,24H2,1-4H3. The third-order valence-corrected chi connectivity index (χ3v) is 5.56. The Labute approximate surface area is 193 Å². The summed E-state index contributed by atoms with van der Waals surface area (Å²) in [4.78, 5) is 24.1. The molecule has 1 aromatic carbocycles. The number of nitrogens with zero attached hydrogens (tertiary/aromatic N) is 5. The van der Waals surface area contributed by atoms with Crippen LogP contribution in [0.15, 0.2) is 41.5 Å². The second-order valence-electron chi connectivity index (χ2n) is 8.22. The Kier molecular flexibility index (Phi) is 7.17. The number of aliphatic imine (C=N–C) groups is 1. The first-order chi connectivity index (χ1) is 15.7. The molecule has 0 spiro atoms. The zero-order chi connectivity index (χ0) is 24.2. The zero-order valence-corrected chi connectivity index (χ0v) is 19.4. The topological polar surface area (TPSA) is 130 Å². The summed E-state index contributed by atoms with van der Waals surface area (Å²) in [6.45, 7) is 6.10. The Bertz CT molecular complexity index is 1070. The van der Waals surface area contributed by atoms with Crippen molar-refractivity contribution >= 4 is 29.0 Å². The van der Waals surface area contributed by atoms with E-state index in [1.807, 2.05) is 18.2 Å². The van der Waals surface area contributed by atoms with E-state index in [9.17, 15) is 15.2 Å². The molecule has 2 heterocycles. The van der Waals surface area contributed by atoms with Crippen molar-refractivity contribution in [2.75, 3.05) is 50.1 Å². The molecule has 176 valence electrons. The van der Waals surface area contributed by atoms with E-state index >= 15 is 0 Å². The Morgan fingerprint density at radius 2 is 1.94 bits per heavy atom. The lowest BCUT2D eigenvalue weighted by Crippen LogP contribution is -2.47. The summed E-state index contributed by atoms with van der Waals surface area (Å²) in [6, 6.07) is 8.80. The van der Waals surface area contributed by atoms with Gasteiger partial charge in [-0.3, -0.25) is 15.1 Å². The Balaban J connectivity index is 1.92. The highest BCUT2D eigenvalue weighted by atomic mass is 16.6. The molecule has 1 aliphatic rings. The lowest BCUT2D eigenvalue weighted by molar-refractivity contribution is -0.385. The molecule has 0 aliphatic carbocycles. The summed E-state index contributed by atoms with van der Waals surface area (Å²) in [5, 5.41) is 21.9. The number of nitrogens with two attached hydrogens (primary N) is 1. The van der Waals surface area contributed by atoms with Crippen LogP contribution in [0.4, 0.5) is 17.2 Å². The fraction of sp³-hybridized carbons (Fsp3) is 0.391. The van der Waals surface area contributed by atoms with Crippen molar-refractivity contribution in [1.82, 2.24) is 4.98 Å². The van der Waals surface area contributed by atoms with Gasteiger partial charge in [0.1, 0.15) is 11.4 Å². The molecule has 0 amide bonds. The second kappa shape index (κ2) is 9.86. The van der Waals surface area contributed by atoms with Crippen LogP contribution < -0.4 is 20.3 Å². The molecule has 10 heteroatoms. The van der Waals surface area contributed by atoms with E-state index in [1.54, 1.807) is 33.2 Å². The summed E-state index contributed by atoms with van der Waals surface area (Å²) in [5.74, 6) is 0.988. The monoisotopic (exact) mass is 454 g/mol. The lowest BCUT2D eigenvalue weighted by Gasteiger charge is -2.38. The minimum atomic E-state index is -1.02. The van der Waals surface area contributed by atoms with Gasteiger partial charge in [-0.2, -0.15) is 0 Å². The molecule has 1 fully saturated rings. The number of aromatic nitrogens is 1. The summed E-state index contributed by atoms with van der Waals surface area (Å²) in [6.07, 6.45) is 2.97. The van der Waals surface area contributed by atoms with Gasteiger partial charge in [-0.05, 0) is 26.0 Å². The first-order valence-corrected chi connectivity index (χ1v) is 10.6. The van der Waals surface area contributed by atoms with Gasteiger partial charge in [0.15, 0.2) is 5.75 Å². The van der Waals surface area contributed by atoms with Crippen molar-refractivity contribution in [1.29, 1.82) is 0 Å². The molecule has 0 unspecified atom stereocenters. The molecule has 0 saturated carbocycles. The molecule has 33 heavy (non-hydrogen) atoms. The van der Waals surface area contributed by atoms with Crippen LogP contribution in [0.1, 0.15) is 25.1 Å². The van der Waals surface area contributed by atoms with Gasteiger partial charge in [-0.1, -0.05) is 6.07 Å². The summed E-state index contributed by atoms with van der Waals surface area (Å²) in [7, 11) is 3.03. The smallest absolute Gasteiger partial charge is 0.311 e. The summed E-state index contributed by atoms with van der Waals surface area (Å²) < 4.78 is 5.31. The van der Waals surface area contributed by atoms with Gasteiger partial charge in [0.25, 0.3) is 0 Å². The quantitative estimate of drug-likeness (QED) is 0.371. The number of methoxy groups -OCH3 is 1. The molecule has 0 radical (unpaired) electrons. The van der Waals surface area contributed by atoms with Crippen LogP contribution in [0.5, 0.6) is 5.75 Å². The number of ether oxygens (including phenoxy) is 1. The van der Waals surface area contributed by atoms with Crippen LogP contribution in [0, 0.1) is 10.1 Å². The number of hydrogen-bond donors (Lipinski definition) is 2. The first kappa shape index (κ1) is 24.0. The van der Waals surface area contributed by atoms with Gasteiger partial charge in [0.05, 0.1) is 17.7 Å². The van der Waals surface area contributed by atoms with E-state index < -0.39 is 10.5 Å². The highest BCUT2D eigenvalue weighted by Gasteiger charge is 2.27. The predicted molar refractivity (Wildman–Crippen MR) is 130 cm³/mol. The van der Waals surface area contributed by atoms with Crippen molar-refractivity contribution < 1.29 is 14.8 Å². The van der Waals surface area contributed by atoms with Crippen LogP contribution in [0.2, 0.25) is 0 Å². The van der Waals surface area contributed by atoms with Crippen LogP contribution in [-0.2, 0) is 5.60 Å². The molecule has 3 rings (SSSR count). The minimum absolute atomic E-state index is 0.133. The van der Waals surface area contributed by atoms with Crippen molar-refractivity contribution in [3.8, 4) is 5.75 Å². The van der Waals surface area contributed by atoms with Crippen LogP contribution >= 0.6 is 0 Å². The largest absolute Gasteiger partial charge is 0.490 e. The van der Waals surface area contributed by atoms with E-state index in [4.69, 9.17) is 10.5 Å². The third kappa shape index (κ3) is 5.23. The average Bonchev–Trinajstić information content (AvgIpc) is 2.81. The van der Waals surface area contributed by atoms with Crippen LogP contribution in [0.25, 0.3) is 5.57 Å². The predicted octanol–water partition coefficient (Wildman–Crippen LogP) is 2.55. The number of benzene rings is 1. The third-order valence-electron chi connectivity index (χ3n) is 5.56. The van der Waals surface area contributed by atoms with Crippen molar-refractivity contribution in [3.63, 3.8) is 0 Å². The molecule has 1 aliphatic heterocycles. The fourth-order valence-electron chi connectivity index (χ4n) is 3.81. The van der Waals surface area contributed by atoms with E-state index in [0.717, 1.165) is 11.5 Å². The number of piperazine rings is 1. The van der Waals surface area contributed by atoms with E-state index in [-0.39, 0.29) is 11.4 Å². The van der Waals surface area contributed by atoms with Crippen molar-refractivity contribution in [2.24, 2.45) is 10.7 Å². The molecule has 2 aromatic rings. The number of aliphatic hydroxyl groups is 1. The van der Waals surface area contributed by atoms with Gasteiger partial charge in [-0.25, -0.2) is 4.98 Å². The number of hydrogen-bond acceptors (Lipinski definition) is 9. The van der Waals surface area contributed by atoms with Crippen molar-refractivity contribution in [2.45, 2.75) is 19.4 Å². The maximum absolute atomic E-state index is 11.6. The molecule has 3 N–H and O–H groups in total. The lowest BCUT2D eigenvalue weighted by atomic mass is 10.0. The summed E-state index contributed by atoms with van der Waals surface area (Å²) >= 11 is 0. The maximum Gasteiger partial charge on any atom is 0.311 e. The fourth-order valence-corrected chi connectivity index (χ4v) is 3.81. The normalized spacial score (nSPS) is 15.2. The number of pyridine rings is 1. The molecule has 0 bridgehead atoms. The number of nitro benzene ring substituents is 1.